The van der Waals surface area contributed by atoms with Gasteiger partial charge in [-0.15, -0.1) is 0 Å². The number of rotatable bonds is 6. The van der Waals surface area contributed by atoms with E-state index in [2.05, 4.69) is 37.9 Å². The molecule has 194 valence electrons. The number of nitrogens with zero attached hydrogens (tertiary/aromatic N) is 1. The molecular formula is C30H39ClN2O3. The van der Waals surface area contributed by atoms with Crippen LogP contribution in [0.15, 0.2) is 48.5 Å². The molecule has 0 radical (unpaired) electrons. The number of hydrogen-bond donors (Lipinski definition) is 1. The number of esters is 1. The Balaban J connectivity index is 1.74. The quantitative estimate of drug-likeness (QED) is 0.422. The van der Waals surface area contributed by atoms with Gasteiger partial charge in [0.1, 0.15) is 6.04 Å². The summed E-state index contributed by atoms with van der Waals surface area (Å²) in [6, 6.07) is 14.7. The van der Waals surface area contributed by atoms with E-state index in [1.807, 2.05) is 36.4 Å². The van der Waals surface area contributed by atoms with Crippen LogP contribution in [0.4, 0.5) is 0 Å². The molecule has 2 aliphatic rings. The maximum atomic E-state index is 14.2. The number of amides is 1. The van der Waals surface area contributed by atoms with E-state index in [1.54, 1.807) is 12.1 Å². The number of halogens is 1. The van der Waals surface area contributed by atoms with Crippen molar-refractivity contribution in [2.24, 2.45) is 11.3 Å². The van der Waals surface area contributed by atoms with Gasteiger partial charge in [-0.2, -0.15) is 0 Å². The third-order valence-corrected chi connectivity index (χ3v) is 8.40. The SMILES string of the molecule is CCCC(c1ccc(C(=O)OC)cc1)N1C(=O)C(c2cccc(Cl)c2)NC12CCC(C(C)(C)C)CC2. The van der Waals surface area contributed by atoms with Crippen LogP contribution in [0, 0.1) is 11.3 Å². The van der Waals surface area contributed by atoms with Crippen molar-refractivity contribution < 1.29 is 14.3 Å². The number of hydrogen-bond acceptors (Lipinski definition) is 4. The molecule has 2 aromatic rings. The second kappa shape index (κ2) is 10.5. The van der Waals surface area contributed by atoms with Crippen molar-refractivity contribution in [3.05, 3.63) is 70.2 Å². The number of benzene rings is 2. The van der Waals surface area contributed by atoms with Crippen molar-refractivity contribution in [2.45, 2.75) is 84.0 Å². The summed E-state index contributed by atoms with van der Waals surface area (Å²) in [6.07, 6.45) is 5.76. The maximum Gasteiger partial charge on any atom is 0.337 e. The van der Waals surface area contributed by atoms with E-state index in [-0.39, 0.29) is 23.3 Å². The minimum absolute atomic E-state index is 0.0860. The maximum absolute atomic E-state index is 14.2. The first kappa shape index (κ1) is 26.7. The van der Waals surface area contributed by atoms with E-state index in [0.717, 1.165) is 49.7 Å². The molecule has 2 fully saturated rings. The Morgan fingerprint density at radius 3 is 2.39 bits per heavy atom. The zero-order valence-electron chi connectivity index (χ0n) is 22.1. The third kappa shape index (κ3) is 5.19. The highest BCUT2D eigenvalue weighted by atomic mass is 35.5. The standard InChI is InChI=1S/C30H39ClN2O3/c1-6-8-25(20-11-13-21(14-12-20)28(35)36-5)33-27(34)26(22-9-7-10-24(31)19-22)32-30(33)17-15-23(16-18-30)29(2,3)4/h7,9-14,19,23,25-26,32H,6,8,15-18H2,1-5H3. The molecule has 2 unspecified atom stereocenters. The average Bonchev–Trinajstić information content (AvgIpc) is 3.13. The van der Waals surface area contributed by atoms with Gasteiger partial charge in [-0.1, -0.05) is 70.0 Å². The van der Waals surface area contributed by atoms with Crippen LogP contribution in [0.25, 0.3) is 0 Å². The topological polar surface area (TPSA) is 58.6 Å². The molecule has 1 N–H and O–H groups in total. The molecule has 1 heterocycles. The summed E-state index contributed by atoms with van der Waals surface area (Å²) >= 11 is 6.32. The highest BCUT2D eigenvalue weighted by Gasteiger charge is 2.55. The van der Waals surface area contributed by atoms with Crippen molar-refractivity contribution in [2.75, 3.05) is 7.11 Å². The molecule has 1 saturated heterocycles. The largest absolute Gasteiger partial charge is 0.465 e. The minimum atomic E-state index is -0.427. The van der Waals surface area contributed by atoms with Crippen LogP contribution in [-0.4, -0.2) is 29.5 Å². The lowest BCUT2D eigenvalue weighted by Crippen LogP contribution is -2.56. The summed E-state index contributed by atoms with van der Waals surface area (Å²) in [6.45, 7) is 9.11. The fraction of sp³-hybridized carbons (Fsp3) is 0.533. The van der Waals surface area contributed by atoms with E-state index in [4.69, 9.17) is 16.3 Å². The Morgan fingerprint density at radius 2 is 1.83 bits per heavy atom. The van der Waals surface area contributed by atoms with E-state index in [9.17, 15) is 9.59 Å². The van der Waals surface area contributed by atoms with Crippen LogP contribution in [0.5, 0.6) is 0 Å². The lowest BCUT2D eigenvalue weighted by atomic mass is 9.69. The van der Waals surface area contributed by atoms with Gasteiger partial charge in [-0.3, -0.25) is 10.1 Å². The van der Waals surface area contributed by atoms with Gasteiger partial charge in [0.25, 0.3) is 0 Å². The Hall–Kier alpha value is -2.37. The zero-order chi connectivity index (χ0) is 26.1. The number of ether oxygens (including phenoxy) is 1. The molecule has 1 aliphatic heterocycles. The lowest BCUT2D eigenvalue weighted by Gasteiger charge is -2.49. The Bertz CT molecular complexity index is 1080. The molecule has 1 saturated carbocycles. The first-order valence-electron chi connectivity index (χ1n) is 13.1. The second-order valence-electron chi connectivity index (χ2n) is 11.4. The molecule has 6 heteroatoms. The van der Waals surface area contributed by atoms with Gasteiger partial charge in [-0.25, -0.2) is 4.79 Å². The molecule has 2 aromatic carbocycles. The number of carbonyl (C=O) groups is 2. The van der Waals surface area contributed by atoms with E-state index in [1.165, 1.54) is 7.11 Å². The average molecular weight is 511 g/mol. The van der Waals surface area contributed by atoms with Crippen LogP contribution in [0.3, 0.4) is 0 Å². The molecule has 5 nitrogen and oxygen atoms in total. The summed E-state index contributed by atoms with van der Waals surface area (Å²) in [5.41, 5.74) is 2.30. The van der Waals surface area contributed by atoms with Crippen LogP contribution < -0.4 is 5.32 Å². The monoisotopic (exact) mass is 510 g/mol. The van der Waals surface area contributed by atoms with E-state index in [0.29, 0.717) is 16.5 Å². The van der Waals surface area contributed by atoms with Crippen molar-refractivity contribution in [3.8, 4) is 0 Å². The fourth-order valence-corrected chi connectivity index (χ4v) is 6.34. The fourth-order valence-electron chi connectivity index (χ4n) is 6.14. The first-order chi connectivity index (χ1) is 17.1. The van der Waals surface area contributed by atoms with Gasteiger partial charge < -0.3 is 9.64 Å². The second-order valence-corrected chi connectivity index (χ2v) is 11.9. The highest BCUT2D eigenvalue weighted by molar-refractivity contribution is 6.30. The first-order valence-corrected chi connectivity index (χ1v) is 13.5. The predicted molar refractivity (Wildman–Crippen MR) is 144 cm³/mol. The van der Waals surface area contributed by atoms with Gasteiger partial charge in [0, 0.05) is 5.02 Å². The molecule has 1 aliphatic carbocycles. The summed E-state index contributed by atoms with van der Waals surface area (Å²) in [5.74, 6) is 0.364. The van der Waals surface area contributed by atoms with E-state index >= 15 is 0 Å². The molecule has 1 amide bonds. The van der Waals surface area contributed by atoms with Gasteiger partial charge >= 0.3 is 5.97 Å². The normalized spacial score (nSPS) is 25.3. The van der Waals surface area contributed by atoms with Gasteiger partial charge in [0.05, 0.1) is 24.4 Å². The van der Waals surface area contributed by atoms with Crippen LogP contribution >= 0.6 is 11.6 Å². The van der Waals surface area contributed by atoms with E-state index < -0.39 is 11.7 Å². The zero-order valence-corrected chi connectivity index (χ0v) is 22.9. The number of nitrogens with one attached hydrogen (secondary N) is 1. The summed E-state index contributed by atoms with van der Waals surface area (Å²) in [5, 5.41) is 4.45. The van der Waals surface area contributed by atoms with Crippen molar-refractivity contribution in [3.63, 3.8) is 0 Å². The van der Waals surface area contributed by atoms with Gasteiger partial charge in [-0.05, 0) is 78.8 Å². The van der Waals surface area contributed by atoms with Gasteiger partial charge in [0.2, 0.25) is 5.91 Å². The number of carbonyl (C=O) groups excluding carboxylic acids is 2. The van der Waals surface area contributed by atoms with Crippen molar-refractivity contribution in [1.82, 2.24) is 10.2 Å². The Kier molecular flexibility index (Phi) is 7.82. The lowest BCUT2D eigenvalue weighted by molar-refractivity contribution is -0.137. The molecule has 0 aromatic heterocycles. The van der Waals surface area contributed by atoms with Crippen LogP contribution in [-0.2, 0) is 9.53 Å². The highest BCUT2D eigenvalue weighted by Crippen LogP contribution is 2.50. The molecular weight excluding hydrogens is 472 g/mol. The summed E-state index contributed by atoms with van der Waals surface area (Å²) < 4.78 is 4.88. The molecule has 1 spiro atoms. The molecule has 36 heavy (non-hydrogen) atoms. The van der Waals surface area contributed by atoms with Crippen molar-refractivity contribution >= 4 is 23.5 Å². The predicted octanol–water partition coefficient (Wildman–Crippen LogP) is 7.07. The minimum Gasteiger partial charge on any atom is -0.465 e. The smallest absolute Gasteiger partial charge is 0.337 e. The molecule has 4 rings (SSSR count). The van der Waals surface area contributed by atoms with Crippen LogP contribution in [0.2, 0.25) is 5.02 Å². The van der Waals surface area contributed by atoms with Crippen molar-refractivity contribution in [1.29, 1.82) is 0 Å². The Labute approximate surface area is 220 Å². The molecule has 0 bridgehead atoms. The third-order valence-electron chi connectivity index (χ3n) is 8.17. The van der Waals surface area contributed by atoms with Crippen LogP contribution in [0.1, 0.15) is 99.8 Å². The summed E-state index contributed by atoms with van der Waals surface area (Å²) in [4.78, 5) is 28.4. The number of methoxy groups -OCH3 is 1. The Morgan fingerprint density at radius 1 is 1.17 bits per heavy atom. The molecule has 2 atom stereocenters. The summed E-state index contributed by atoms with van der Waals surface area (Å²) in [7, 11) is 1.39. The van der Waals surface area contributed by atoms with Gasteiger partial charge in [0.15, 0.2) is 0 Å².